The van der Waals surface area contributed by atoms with E-state index in [1.54, 1.807) is 0 Å². The molecule has 2 unspecified atom stereocenters. The summed E-state index contributed by atoms with van der Waals surface area (Å²) in [5.41, 5.74) is 8.02. The topological polar surface area (TPSA) is 58.4 Å². The van der Waals surface area contributed by atoms with E-state index in [9.17, 15) is 4.79 Å². The number of carbonyl (C=O) groups excluding carboxylic acids is 1. The molecule has 2 rings (SSSR count). The molecule has 1 aliphatic heterocycles. The van der Waals surface area contributed by atoms with Crippen LogP contribution in [0, 0.1) is 5.92 Å². The van der Waals surface area contributed by atoms with E-state index >= 15 is 0 Å². The predicted octanol–water partition coefficient (Wildman–Crippen LogP) is 2.67. The number of hydrogen-bond acceptors (Lipinski definition) is 3. The Bertz CT molecular complexity index is 463. The fourth-order valence-electron chi connectivity index (χ4n) is 3.12. The van der Waals surface area contributed by atoms with E-state index < -0.39 is 0 Å². The van der Waals surface area contributed by atoms with E-state index in [0.717, 1.165) is 25.1 Å². The van der Waals surface area contributed by atoms with Crippen molar-refractivity contribution in [2.45, 2.75) is 39.2 Å². The van der Waals surface area contributed by atoms with E-state index in [1.165, 1.54) is 12.0 Å². The largest absolute Gasteiger partial charge is 0.329 e. The van der Waals surface area contributed by atoms with Crippen molar-refractivity contribution in [2.75, 3.05) is 25.0 Å². The molecule has 1 saturated heterocycles. The number of nitrogens with one attached hydrogen (secondary N) is 1. The van der Waals surface area contributed by atoms with Gasteiger partial charge in [0.1, 0.15) is 0 Å². The van der Waals surface area contributed by atoms with Gasteiger partial charge in [-0.25, -0.2) is 0 Å². The van der Waals surface area contributed by atoms with E-state index in [2.05, 4.69) is 36.2 Å². The minimum atomic E-state index is 0. The minimum Gasteiger partial charge on any atom is -0.329 e. The summed E-state index contributed by atoms with van der Waals surface area (Å²) in [6.45, 7) is 6.37. The van der Waals surface area contributed by atoms with Crippen LogP contribution < -0.4 is 11.1 Å². The lowest BCUT2D eigenvalue weighted by atomic mass is 9.91. The molecule has 0 bridgehead atoms. The zero-order chi connectivity index (χ0) is 15.2. The molecule has 0 aromatic heterocycles. The van der Waals surface area contributed by atoms with Crippen LogP contribution in [0.2, 0.25) is 0 Å². The Balaban J connectivity index is 0.00000242. The Morgan fingerprint density at radius 3 is 2.64 bits per heavy atom. The molecular formula is C17H28ClN3O. The fourth-order valence-corrected chi connectivity index (χ4v) is 3.12. The van der Waals surface area contributed by atoms with Gasteiger partial charge < -0.3 is 11.1 Å². The highest BCUT2D eigenvalue weighted by Gasteiger charge is 2.28. The van der Waals surface area contributed by atoms with Crippen molar-refractivity contribution in [3.8, 4) is 0 Å². The number of nitrogens with zero attached hydrogens (tertiary/aromatic N) is 1. The van der Waals surface area contributed by atoms with Crippen LogP contribution in [0.15, 0.2) is 24.3 Å². The van der Waals surface area contributed by atoms with Gasteiger partial charge in [-0.15, -0.1) is 12.4 Å². The Kier molecular flexibility index (Phi) is 7.87. The van der Waals surface area contributed by atoms with Crippen LogP contribution in [0.3, 0.4) is 0 Å². The lowest BCUT2D eigenvalue weighted by Gasteiger charge is -2.38. The predicted molar refractivity (Wildman–Crippen MR) is 94.5 cm³/mol. The molecule has 22 heavy (non-hydrogen) atoms. The molecule has 0 spiro atoms. The number of piperidine rings is 1. The molecule has 124 valence electrons. The van der Waals surface area contributed by atoms with Crippen molar-refractivity contribution in [1.29, 1.82) is 0 Å². The Morgan fingerprint density at radius 2 is 2.05 bits per heavy atom. The second kappa shape index (κ2) is 9.13. The highest BCUT2D eigenvalue weighted by atomic mass is 35.5. The van der Waals surface area contributed by atoms with Gasteiger partial charge in [0.15, 0.2) is 0 Å². The summed E-state index contributed by atoms with van der Waals surface area (Å²) in [6.07, 6.45) is 3.37. The molecule has 3 N–H and O–H groups in total. The first-order chi connectivity index (χ1) is 10.1. The van der Waals surface area contributed by atoms with Crippen molar-refractivity contribution in [2.24, 2.45) is 11.7 Å². The average Bonchev–Trinajstić information content (AvgIpc) is 2.48. The quantitative estimate of drug-likeness (QED) is 0.875. The molecule has 0 radical (unpaired) electrons. The standard InChI is InChI=1S/C17H27N3O.ClH/c1-3-14-6-8-15(9-7-14)19-17(21)12-20-10-4-5-13(2)16(20)11-18;/h6-9,13,16H,3-5,10-12,18H2,1-2H3,(H,19,21);1H. The first-order valence-corrected chi connectivity index (χ1v) is 7.97. The third-order valence-corrected chi connectivity index (χ3v) is 4.46. The number of aryl methyl sites for hydroxylation is 1. The summed E-state index contributed by atoms with van der Waals surface area (Å²) >= 11 is 0. The summed E-state index contributed by atoms with van der Waals surface area (Å²) in [5.74, 6) is 0.618. The van der Waals surface area contributed by atoms with Crippen LogP contribution >= 0.6 is 12.4 Å². The van der Waals surface area contributed by atoms with Gasteiger partial charge in [0.05, 0.1) is 6.54 Å². The van der Waals surface area contributed by atoms with Crippen LogP contribution in [0.1, 0.15) is 32.3 Å². The van der Waals surface area contributed by atoms with Crippen molar-refractivity contribution in [3.63, 3.8) is 0 Å². The Morgan fingerprint density at radius 1 is 1.36 bits per heavy atom. The number of rotatable bonds is 5. The summed E-state index contributed by atoms with van der Waals surface area (Å²) < 4.78 is 0. The highest BCUT2D eigenvalue weighted by Crippen LogP contribution is 2.22. The normalized spacial score (nSPS) is 22.0. The van der Waals surface area contributed by atoms with E-state index in [4.69, 9.17) is 5.73 Å². The minimum absolute atomic E-state index is 0. The lowest BCUT2D eigenvalue weighted by Crippen LogP contribution is -2.51. The Labute approximate surface area is 139 Å². The first-order valence-electron chi connectivity index (χ1n) is 7.97. The number of hydrogen-bond donors (Lipinski definition) is 2. The third kappa shape index (κ3) is 4.97. The average molecular weight is 326 g/mol. The summed E-state index contributed by atoms with van der Waals surface area (Å²) in [5, 5.41) is 2.98. The Hall–Kier alpha value is -1.10. The van der Waals surface area contributed by atoms with Crippen LogP contribution in [-0.2, 0) is 11.2 Å². The van der Waals surface area contributed by atoms with E-state index in [-0.39, 0.29) is 18.3 Å². The number of benzene rings is 1. The number of halogens is 1. The number of amides is 1. The SMILES string of the molecule is CCc1ccc(NC(=O)CN2CCCC(C)C2CN)cc1.Cl. The fraction of sp³-hybridized carbons (Fsp3) is 0.588. The molecule has 2 atom stereocenters. The zero-order valence-corrected chi connectivity index (χ0v) is 14.4. The lowest BCUT2D eigenvalue weighted by molar-refractivity contribution is -0.118. The molecule has 0 saturated carbocycles. The van der Waals surface area contributed by atoms with Crippen molar-refractivity contribution < 1.29 is 4.79 Å². The molecule has 1 fully saturated rings. The molecule has 1 heterocycles. The molecule has 1 aliphatic rings. The number of nitrogens with two attached hydrogens (primary N) is 1. The number of likely N-dealkylation sites (tertiary alicyclic amines) is 1. The summed E-state index contributed by atoms with van der Waals surface area (Å²) in [7, 11) is 0. The van der Waals surface area contributed by atoms with Gasteiger partial charge in [-0.05, 0) is 49.4 Å². The first kappa shape index (κ1) is 18.9. The van der Waals surface area contributed by atoms with Crippen molar-refractivity contribution in [1.82, 2.24) is 4.90 Å². The van der Waals surface area contributed by atoms with Gasteiger partial charge in [0.2, 0.25) is 5.91 Å². The number of anilines is 1. The van der Waals surface area contributed by atoms with E-state index in [0.29, 0.717) is 25.0 Å². The van der Waals surface area contributed by atoms with Gasteiger partial charge in [-0.1, -0.05) is 26.0 Å². The van der Waals surface area contributed by atoms with Crippen LogP contribution in [0.4, 0.5) is 5.69 Å². The number of carbonyl (C=O) groups is 1. The van der Waals surface area contributed by atoms with Crippen LogP contribution in [-0.4, -0.2) is 36.5 Å². The molecule has 1 aromatic carbocycles. The van der Waals surface area contributed by atoms with Crippen LogP contribution in [0.25, 0.3) is 0 Å². The maximum absolute atomic E-state index is 12.2. The maximum Gasteiger partial charge on any atom is 0.238 e. The van der Waals surface area contributed by atoms with Gasteiger partial charge in [-0.2, -0.15) is 0 Å². The third-order valence-electron chi connectivity index (χ3n) is 4.46. The summed E-state index contributed by atoms with van der Waals surface area (Å²) in [6, 6.07) is 8.38. The highest BCUT2D eigenvalue weighted by molar-refractivity contribution is 5.92. The second-order valence-corrected chi connectivity index (χ2v) is 5.99. The smallest absolute Gasteiger partial charge is 0.238 e. The molecule has 0 aliphatic carbocycles. The summed E-state index contributed by atoms with van der Waals surface area (Å²) in [4.78, 5) is 14.4. The van der Waals surface area contributed by atoms with Crippen molar-refractivity contribution >= 4 is 24.0 Å². The maximum atomic E-state index is 12.2. The van der Waals surface area contributed by atoms with Gasteiger partial charge in [0.25, 0.3) is 0 Å². The zero-order valence-electron chi connectivity index (χ0n) is 13.5. The molecule has 1 amide bonds. The van der Waals surface area contributed by atoms with E-state index in [1.807, 2.05) is 12.1 Å². The second-order valence-electron chi connectivity index (χ2n) is 5.99. The molecular weight excluding hydrogens is 298 g/mol. The van der Waals surface area contributed by atoms with Gasteiger partial charge in [0, 0.05) is 18.3 Å². The molecule has 1 aromatic rings. The monoisotopic (exact) mass is 325 g/mol. The van der Waals surface area contributed by atoms with Crippen molar-refractivity contribution in [3.05, 3.63) is 29.8 Å². The van der Waals surface area contributed by atoms with Gasteiger partial charge in [-0.3, -0.25) is 9.69 Å². The molecule has 5 heteroatoms. The van der Waals surface area contributed by atoms with Gasteiger partial charge >= 0.3 is 0 Å². The van der Waals surface area contributed by atoms with Crippen LogP contribution in [0.5, 0.6) is 0 Å². The molecule has 4 nitrogen and oxygen atoms in total.